The Morgan fingerprint density at radius 1 is 1.57 bits per heavy atom. The van der Waals surface area contributed by atoms with Crippen LogP contribution in [-0.4, -0.2) is 30.2 Å². The molecule has 14 heavy (non-hydrogen) atoms. The van der Waals surface area contributed by atoms with Crippen LogP contribution < -0.4 is 0 Å². The summed E-state index contributed by atoms with van der Waals surface area (Å²) in [6, 6.07) is 0. The maximum atomic E-state index is 9.41. The van der Waals surface area contributed by atoms with Crippen molar-refractivity contribution in [2.45, 2.75) is 32.7 Å². The minimum Gasteiger partial charge on any atom is -0.374 e. The summed E-state index contributed by atoms with van der Waals surface area (Å²) in [6.07, 6.45) is 1.12. The SMILES string of the molecule is C=CC(C)(O)C#CCOC(C)OCC. The van der Waals surface area contributed by atoms with Crippen molar-refractivity contribution in [2.24, 2.45) is 0 Å². The van der Waals surface area contributed by atoms with Gasteiger partial charge in [0.15, 0.2) is 6.29 Å². The first-order valence-corrected chi connectivity index (χ1v) is 4.61. The van der Waals surface area contributed by atoms with Crippen molar-refractivity contribution in [2.75, 3.05) is 13.2 Å². The Kier molecular flexibility index (Phi) is 6.22. The molecule has 3 nitrogen and oxygen atoms in total. The van der Waals surface area contributed by atoms with Crippen LogP contribution in [0.1, 0.15) is 20.8 Å². The van der Waals surface area contributed by atoms with E-state index in [2.05, 4.69) is 18.4 Å². The van der Waals surface area contributed by atoms with Gasteiger partial charge < -0.3 is 14.6 Å². The van der Waals surface area contributed by atoms with Crippen molar-refractivity contribution in [3.8, 4) is 11.8 Å². The number of aliphatic hydroxyl groups is 1. The second-order valence-electron chi connectivity index (χ2n) is 2.99. The Labute approximate surface area is 85.7 Å². The fourth-order valence-corrected chi connectivity index (χ4v) is 0.708. The molecule has 3 heteroatoms. The summed E-state index contributed by atoms with van der Waals surface area (Å²) in [5, 5.41) is 9.41. The summed E-state index contributed by atoms with van der Waals surface area (Å²) in [5.74, 6) is 5.31. The van der Waals surface area contributed by atoms with Crippen LogP contribution in [0.3, 0.4) is 0 Å². The molecule has 0 aliphatic rings. The highest BCUT2D eigenvalue weighted by molar-refractivity contribution is 5.19. The van der Waals surface area contributed by atoms with Gasteiger partial charge in [-0.1, -0.05) is 18.4 Å². The molecule has 0 spiro atoms. The van der Waals surface area contributed by atoms with E-state index in [0.717, 1.165) is 0 Å². The van der Waals surface area contributed by atoms with Gasteiger partial charge in [-0.2, -0.15) is 0 Å². The molecule has 0 heterocycles. The molecule has 2 unspecified atom stereocenters. The minimum atomic E-state index is -1.14. The first-order valence-electron chi connectivity index (χ1n) is 4.61. The summed E-state index contributed by atoms with van der Waals surface area (Å²) in [7, 11) is 0. The third-order valence-electron chi connectivity index (χ3n) is 1.53. The van der Waals surface area contributed by atoms with Crippen LogP contribution in [-0.2, 0) is 9.47 Å². The number of hydrogen-bond donors (Lipinski definition) is 1. The number of ether oxygens (including phenoxy) is 2. The average molecular weight is 198 g/mol. The van der Waals surface area contributed by atoms with E-state index >= 15 is 0 Å². The lowest BCUT2D eigenvalue weighted by Gasteiger charge is -2.11. The van der Waals surface area contributed by atoms with E-state index in [1.54, 1.807) is 13.8 Å². The third-order valence-corrected chi connectivity index (χ3v) is 1.53. The molecule has 0 aromatic rings. The molecule has 0 saturated carbocycles. The Morgan fingerprint density at radius 3 is 2.71 bits per heavy atom. The molecule has 1 N–H and O–H groups in total. The highest BCUT2D eigenvalue weighted by atomic mass is 16.7. The average Bonchev–Trinajstić information content (AvgIpc) is 2.13. The molecule has 0 aliphatic carbocycles. The molecule has 80 valence electrons. The quantitative estimate of drug-likeness (QED) is 0.411. The monoisotopic (exact) mass is 198 g/mol. The highest BCUT2D eigenvalue weighted by Gasteiger charge is 2.09. The van der Waals surface area contributed by atoms with Gasteiger partial charge in [0.05, 0.1) is 0 Å². The van der Waals surface area contributed by atoms with E-state index in [0.29, 0.717) is 6.61 Å². The summed E-state index contributed by atoms with van der Waals surface area (Å²) in [5.41, 5.74) is -1.14. The summed E-state index contributed by atoms with van der Waals surface area (Å²) < 4.78 is 10.3. The van der Waals surface area contributed by atoms with Crippen molar-refractivity contribution in [1.82, 2.24) is 0 Å². The van der Waals surface area contributed by atoms with Gasteiger partial charge in [0.1, 0.15) is 12.2 Å². The molecular formula is C11H18O3. The Bertz CT molecular complexity index is 222. The lowest BCUT2D eigenvalue weighted by molar-refractivity contribution is -0.117. The van der Waals surface area contributed by atoms with Crippen molar-refractivity contribution in [1.29, 1.82) is 0 Å². The lowest BCUT2D eigenvalue weighted by Crippen LogP contribution is -2.17. The largest absolute Gasteiger partial charge is 0.374 e. The molecule has 0 radical (unpaired) electrons. The van der Waals surface area contributed by atoms with Crippen LogP contribution in [0.5, 0.6) is 0 Å². The highest BCUT2D eigenvalue weighted by Crippen LogP contribution is 2.00. The summed E-state index contributed by atoms with van der Waals surface area (Å²) in [6.45, 7) is 9.58. The minimum absolute atomic E-state index is 0.241. The predicted molar refractivity (Wildman–Crippen MR) is 55.6 cm³/mol. The Morgan fingerprint density at radius 2 is 2.21 bits per heavy atom. The Balaban J connectivity index is 3.77. The maximum Gasteiger partial charge on any atom is 0.156 e. The van der Waals surface area contributed by atoms with Gasteiger partial charge in [-0.15, -0.1) is 0 Å². The van der Waals surface area contributed by atoms with Crippen molar-refractivity contribution in [3.63, 3.8) is 0 Å². The molecule has 0 aliphatic heterocycles. The predicted octanol–water partition coefficient (Wildman–Crippen LogP) is 1.33. The van der Waals surface area contributed by atoms with Crippen LogP contribution in [0.25, 0.3) is 0 Å². The molecule has 0 saturated heterocycles. The third kappa shape index (κ3) is 6.67. The molecule has 0 fully saturated rings. The van der Waals surface area contributed by atoms with Gasteiger partial charge in [0.2, 0.25) is 0 Å². The molecule has 0 aromatic carbocycles. The first-order chi connectivity index (χ1) is 6.52. The molecule has 0 rings (SSSR count). The van der Waals surface area contributed by atoms with E-state index in [-0.39, 0.29) is 12.9 Å². The van der Waals surface area contributed by atoms with Crippen molar-refractivity contribution >= 4 is 0 Å². The fourth-order valence-electron chi connectivity index (χ4n) is 0.708. The van der Waals surface area contributed by atoms with Gasteiger partial charge in [0, 0.05) is 6.61 Å². The second kappa shape index (κ2) is 6.61. The molecule has 0 bridgehead atoms. The van der Waals surface area contributed by atoms with E-state index in [4.69, 9.17) is 9.47 Å². The lowest BCUT2D eigenvalue weighted by atomic mass is 10.1. The van der Waals surface area contributed by atoms with Gasteiger partial charge in [-0.3, -0.25) is 0 Å². The maximum absolute atomic E-state index is 9.41. The zero-order valence-corrected chi connectivity index (χ0v) is 9.04. The zero-order chi connectivity index (χ0) is 11.0. The van der Waals surface area contributed by atoms with E-state index < -0.39 is 5.60 Å². The normalized spacial score (nSPS) is 16.3. The molecule has 0 aromatic heterocycles. The van der Waals surface area contributed by atoms with E-state index in [1.165, 1.54) is 6.08 Å². The van der Waals surface area contributed by atoms with Crippen LogP contribution in [0, 0.1) is 11.8 Å². The van der Waals surface area contributed by atoms with Crippen LogP contribution in [0.15, 0.2) is 12.7 Å². The zero-order valence-electron chi connectivity index (χ0n) is 9.04. The van der Waals surface area contributed by atoms with Crippen molar-refractivity contribution < 1.29 is 14.6 Å². The standard InChI is InChI=1S/C11H18O3/c1-5-11(4,12)8-7-9-14-10(3)13-6-2/h5,10,12H,1,6,9H2,2-4H3. The van der Waals surface area contributed by atoms with Crippen LogP contribution in [0.2, 0.25) is 0 Å². The summed E-state index contributed by atoms with van der Waals surface area (Å²) >= 11 is 0. The fraction of sp³-hybridized carbons (Fsp3) is 0.636. The topological polar surface area (TPSA) is 38.7 Å². The summed E-state index contributed by atoms with van der Waals surface area (Å²) in [4.78, 5) is 0. The smallest absolute Gasteiger partial charge is 0.156 e. The van der Waals surface area contributed by atoms with Crippen LogP contribution >= 0.6 is 0 Å². The second-order valence-corrected chi connectivity index (χ2v) is 2.99. The van der Waals surface area contributed by atoms with Gasteiger partial charge in [-0.25, -0.2) is 0 Å². The van der Waals surface area contributed by atoms with Gasteiger partial charge in [0.25, 0.3) is 0 Å². The van der Waals surface area contributed by atoms with Crippen molar-refractivity contribution in [3.05, 3.63) is 12.7 Å². The Hall–Kier alpha value is -0.820. The molecular weight excluding hydrogens is 180 g/mol. The molecule has 2 atom stereocenters. The van der Waals surface area contributed by atoms with Crippen LogP contribution in [0.4, 0.5) is 0 Å². The van der Waals surface area contributed by atoms with E-state index in [1.807, 2.05) is 6.92 Å². The van der Waals surface area contributed by atoms with Gasteiger partial charge >= 0.3 is 0 Å². The van der Waals surface area contributed by atoms with E-state index in [9.17, 15) is 5.11 Å². The number of hydrogen-bond acceptors (Lipinski definition) is 3. The molecule has 0 amide bonds. The first kappa shape index (κ1) is 13.2. The number of rotatable bonds is 5. The van der Waals surface area contributed by atoms with Gasteiger partial charge in [-0.05, 0) is 26.8 Å².